The second-order valence-corrected chi connectivity index (χ2v) is 4.02. The van der Waals surface area contributed by atoms with Crippen molar-refractivity contribution in [2.45, 2.75) is 59.4 Å². The van der Waals surface area contributed by atoms with Gasteiger partial charge in [0.2, 0.25) is 5.91 Å². The first kappa shape index (κ1) is 12.5. The average molecular weight is 185 g/mol. The van der Waals surface area contributed by atoms with E-state index >= 15 is 0 Å². The molecule has 1 unspecified atom stereocenters. The van der Waals surface area contributed by atoms with Crippen molar-refractivity contribution in [3.05, 3.63) is 0 Å². The van der Waals surface area contributed by atoms with Gasteiger partial charge in [0.05, 0.1) is 0 Å². The van der Waals surface area contributed by atoms with Crippen molar-refractivity contribution in [1.82, 2.24) is 5.32 Å². The molecule has 1 heterocycles. The number of amides is 1. The molecule has 1 saturated heterocycles. The van der Waals surface area contributed by atoms with Crippen LogP contribution >= 0.6 is 0 Å². The van der Waals surface area contributed by atoms with Gasteiger partial charge in [-0.3, -0.25) is 4.79 Å². The fourth-order valence-corrected chi connectivity index (χ4v) is 1.55. The van der Waals surface area contributed by atoms with E-state index in [1.165, 1.54) is 0 Å². The van der Waals surface area contributed by atoms with Crippen LogP contribution in [0, 0.1) is 5.92 Å². The van der Waals surface area contributed by atoms with Crippen LogP contribution in [-0.4, -0.2) is 11.4 Å². The molecule has 0 radical (unpaired) electrons. The van der Waals surface area contributed by atoms with Gasteiger partial charge in [-0.05, 0) is 33.1 Å². The molecule has 1 N–H and O–H groups in total. The van der Waals surface area contributed by atoms with Gasteiger partial charge < -0.3 is 5.32 Å². The van der Waals surface area contributed by atoms with E-state index in [0.717, 1.165) is 19.3 Å². The van der Waals surface area contributed by atoms with E-state index < -0.39 is 0 Å². The zero-order valence-corrected chi connectivity index (χ0v) is 9.61. The molecule has 0 aliphatic carbocycles. The minimum Gasteiger partial charge on any atom is -0.351 e. The molecule has 1 atom stereocenters. The van der Waals surface area contributed by atoms with Gasteiger partial charge in [0, 0.05) is 11.5 Å². The van der Waals surface area contributed by atoms with Gasteiger partial charge in [-0.25, -0.2) is 0 Å². The third kappa shape index (κ3) is 3.79. The Labute approximate surface area is 82.1 Å². The summed E-state index contributed by atoms with van der Waals surface area (Å²) in [5.41, 5.74) is 0.0305. The fraction of sp³-hybridized carbons (Fsp3) is 0.909. The Morgan fingerprint density at radius 1 is 1.46 bits per heavy atom. The summed E-state index contributed by atoms with van der Waals surface area (Å²) in [5, 5.41) is 3.02. The number of carbonyl (C=O) groups excluding carboxylic acids is 1. The maximum atomic E-state index is 11.3. The molecule has 1 aliphatic rings. The van der Waals surface area contributed by atoms with E-state index in [1.54, 1.807) is 0 Å². The summed E-state index contributed by atoms with van der Waals surface area (Å²) in [6.45, 7) is 10.2. The Morgan fingerprint density at radius 3 is 2.38 bits per heavy atom. The largest absolute Gasteiger partial charge is 0.351 e. The lowest BCUT2D eigenvalue weighted by atomic mass is 9.85. The van der Waals surface area contributed by atoms with Gasteiger partial charge in [-0.2, -0.15) is 0 Å². The van der Waals surface area contributed by atoms with Crippen LogP contribution < -0.4 is 5.32 Å². The molecule has 0 saturated carbocycles. The summed E-state index contributed by atoms with van der Waals surface area (Å²) in [7, 11) is 0. The number of piperidine rings is 1. The first-order valence-corrected chi connectivity index (χ1v) is 5.37. The van der Waals surface area contributed by atoms with E-state index in [0.29, 0.717) is 0 Å². The zero-order chi connectivity index (χ0) is 10.5. The molecule has 1 rings (SSSR count). The maximum absolute atomic E-state index is 11.3. The van der Waals surface area contributed by atoms with Crippen LogP contribution in [0.25, 0.3) is 0 Å². The highest BCUT2D eigenvalue weighted by molar-refractivity contribution is 5.80. The molecule has 78 valence electrons. The van der Waals surface area contributed by atoms with Crippen molar-refractivity contribution in [2.24, 2.45) is 5.92 Å². The molecule has 0 aromatic heterocycles. The Kier molecular flexibility index (Phi) is 5.04. The molecule has 0 bridgehead atoms. The molecule has 1 aliphatic heterocycles. The van der Waals surface area contributed by atoms with Crippen LogP contribution in [0.15, 0.2) is 0 Å². The van der Waals surface area contributed by atoms with E-state index in [-0.39, 0.29) is 17.4 Å². The number of hydrogen-bond acceptors (Lipinski definition) is 1. The lowest BCUT2D eigenvalue weighted by Gasteiger charge is -2.34. The summed E-state index contributed by atoms with van der Waals surface area (Å²) in [6.07, 6.45) is 3.13. The second-order valence-electron chi connectivity index (χ2n) is 4.02. The number of carbonyl (C=O) groups is 1. The van der Waals surface area contributed by atoms with Gasteiger partial charge in [0.15, 0.2) is 0 Å². The van der Waals surface area contributed by atoms with Gasteiger partial charge >= 0.3 is 0 Å². The minimum absolute atomic E-state index is 0.0305. The van der Waals surface area contributed by atoms with Crippen LogP contribution in [-0.2, 0) is 4.79 Å². The molecule has 2 heteroatoms. The monoisotopic (exact) mass is 185 g/mol. The van der Waals surface area contributed by atoms with Crippen LogP contribution in [0.5, 0.6) is 0 Å². The predicted octanol–water partition coefficient (Wildman–Crippen LogP) is 2.73. The predicted molar refractivity (Wildman–Crippen MR) is 56.6 cm³/mol. The van der Waals surface area contributed by atoms with Crippen molar-refractivity contribution < 1.29 is 4.79 Å². The summed E-state index contributed by atoms with van der Waals surface area (Å²) in [6, 6.07) is 0. The highest BCUT2D eigenvalue weighted by Crippen LogP contribution is 2.24. The fourth-order valence-electron chi connectivity index (χ4n) is 1.55. The summed E-state index contributed by atoms with van der Waals surface area (Å²) >= 11 is 0. The second kappa shape index (κ2) is 5.25. The van der Waals surface area contributed by atoms with E-state index in [2.05, 4.69) is 26.1 Å². The van der Waals surface area contributed by atoms with Crippen molar-refractivity contribution in [1.29, 1.82) is 0 Å². The molecular weight excluding hydrogens is 162 g/mol. The molecule has 1 amide bonds. The summed E-state index contributed by atoms with van der Waals surface area (Å²) in [5.74, 6) is 0.506. The average Bonchev–Trinajstić information content (AvgIpc) is 2.07. The van der Waals surface area contributed by atoms with Gasteiger partial charge in [0.1, 0.15) is 0 Å². The summed E-state index contributed by atoms with van der Waals surface area (Å²) in [4.78, 5) is 11.3. The number of nitrogens with one attached hydrogen (secondary N) is 1. The Hall–Kier alpha value is -0.530. The topological polar surface area (TPSA) is 29.1 Å². The van der Waals surface area contributed by atoms with Crippen LogP contribution in [0.3, 0.4) is 0 Å². The van der Waals surface area contributed by atoms with Crippen molar-refractivity contribution >= 4 is 5.91 Å². The Bertz CT molecular complexity index is 163. The van der Waals surface area contributed by atoms with Crippen molar-refractivity contribution in [3.8, 4) is 0 Å². The van der Waals surface area contributed by atoms with Crippen LogP contribution in [0.4, 0.5) is 0 Å². The standard InChI is InChI=1S/C9H17NO.C2H6/c1-4-7-5-6-9(2,3)10-8(7)11;1-2/h7H,4-6H2,1-3H3,(H,10,11);1-2H3. The molecule has 0 aromatic carbocycles. The molecule has 1 fully saturated rings. The van der Waals surface area contributed by atoms with Gasteiger partial charge in [0.25, 0.3) is 0 Å². The minimum atomic E-state index is 0.0305. The first-order chi connectivity index (χ1) is 6.05. The summed E-state index contributed by atoms with van der Waals surface area (Å²) < 4.78 is 0. The molecular formula is C11H23NO. The molecule has 0 aromatic rings. The Morgan fingerprint density at radius 2 is 2.00 bits per heavy atom. The van der Waals surface area contributed by atoms with Gasteiger partial charge in [-0.15, -0.1) is 0 Å². The third-order valence-electron chi connectivity index (χ3n) is 2.44. The number of rotatable bonds is 1. The quantitative estimate of drug-likeness (QED) is 0.668. The normalized spacial score (nSPS) is 25.6. The highest BCUT2D eigenvalue weighted by Gasteiger charge is 2.30. The lowest BCUT2D eigenvalue weighted by Crippen LogP contribution is -2.50. The highest BCUT2D eigenvalue weighted by atomic mass is 16.2. The lowest BCUT2D eigenvalue weighted by molar-refractivity contribution is -0.129. The third-order valence-corrected chi connectivity index (χ3v) is 2.44. The van der Waals surface area contributed by atoms with E-state index in [4.69, 9.17) is 0 Å². The smallest absolute Gasteiger partial charge is 0.223 e. The van der Waals surface area contributed by atoms with Gasteiger partial charge in [-0.1, -0.05) is 20.8 Å². The van der Waals surface area contributed by atoms with Crippen LogP contribution in [0.2, 0.25) is 0 Å². The maximum Gasteiger partial charge on any atom is 0.223 e. The Balaban J connectivity index is 0.000000671. The molecule has 13 heavy (non-hydrogen) atoms. The molecule has 0 spiro atoms. The number of hydrogen-bond donors (Lipinski definition) is 1. The van der Waals surface area contributed by atoms with Crippen LogP contribution in [0.1, 0.15) is 53.9 Å². The van der Waals surface area contributed by atoms with Crippen molar-refractivity contribution in [2.75, 3.05) is 0 Å². The zero-order valence-electron chi connectivity index (χ0n) is 9.61. The first-order valence-electron chi connectivity index (χ1n) is 5.37. The van der Waals surface area contributed by atoms with Crippen molar-refractivity contribution in [3.63, 3.8) is 0 Å². The molecule has 2 nitrogen and oxygen atoms in total. The SMILES string of the molecule is CC.CCC1CCC(C)(C)NC1=O. The van der Waals surface area contributed by atoms with E-state index in [1.807, 2.05) is 13.8 Å². The van der Waals surface area contributed by atoms with E-state index in [9.17, 15) is 4.79 Å².